The maximum absolute atomic E-state index is 12.9. The first-order valence-corrected chi connectivity index (χ1v) is 9.56. The molecular formula is C18H21FN2O4S. The zero-order valence-electron chi connectivity index (χ0n) is 14.5. The molecule has 2 N–H and O–H groups in total. The number of nitrogens with one attached hydrogen (secondary N) is 2. The molecule has 8 heteroatoms. The molecule has 0 spiro atoms. The van der Waals surface area contributed by atoms with Gasteiger partial charge in [-0.05, 0) is 62.4 Å². The van der Waals surface area contributed by atoms with Gasteiger partial charge in [0.15, 0.2) is 0 Å². The van der Waals surface area contributed by atoms with Gasteiger partial charge < -0.3 is 10.1 Å². The minimum absolute atomic E-state index is 0.0370. The van der Waals surface area contributed by atoms with Crippen LogP contribution < -0.4 is 14.8 Å². The Hall–Kier alpha value is -2.45. The van der Waals surface area contributed by atoms with Crippen LogP contribution in [0, 0.1) is 5.82 Å². The second kappa shape index (κ2) is 8.77. The summed E-state index contributed by atoms with van der Waals surface area (Å²) in [5, 5.41) is 2.68. The van der Waals surface area contributed by atoms with Gasteiger partial charge in [-0.3, -0.25) is 4.79 Å². The van der Waals surface area contributed by atoms with Crippen LogP contribution in [0.25, 0.3) is 0 Å². The highest BCUT2D eigenvalue weighted by molar-refractivity contribution is 7.89. The van der Waals surface area contributed by atoms with E-state index >= 15 is 0 Å². The number of anilines is 1. The van der Waals surface area contributed by atoms with Crippen LogP contribution in [0.3, 0.4) is 0 Å². The number of hydrogen-bond donors (Lipinski definition) is 2. The summed E-state index contributed by atoms with van der Waals surface area (Å²) in [7, 11) is -3.78. The minimum Gasteiger partial charge on any atom is -0.491 e. The van der Waals surface area contributed by atoms with Crippen LogP contribution in [0.1, 0.15) is 20.3 Å². The van der Waals surface area contributed by atoms with Crippen LogP contribution in [0.4, 0.5) is 10.1 Å². The molecule has 0 aliphatic heterocycles. The Balaban J connectivity index is 1.82. The van der Waals surface area contributed by atoms with E-state index in [1.807, 2.05) is 13.8 Å². The van der Waals surface area contributed by atoms with Crippen LogP contribution in [0.15, 0.2) is 53.4 Å². The quantitative estimate of drug-likeness (QED) is 0.737. The molecule has 0 fully saturated rings. The molecule has 0 unspecified atom stereocenters. The van der Waals surface area contributed by atoms with Gasteiger partial charge in [0, 0.05) is 18.7 Å². The highest BCUT2D eigenvalue weighted by atomic mass is 32.2. The SMILES string of the molecule is CC(C)Oc1ccc(NC(=O)CCNS(=O)(=O)c2ccc(F)cc2)cc1. The summed E-state index contributed by atoms with van der Waals surface area (Å²) >= 11 is 0. The molecule has 6 nitrogen and oxygen atoms in total. The molecule has 2 aromatic carbocycles. The van der Waals surface area contributed by atoms with Crippen molar-refractivity contribution in [3.05, 3.63) is 54.3 Å². The van der Waals surface area contributed by atoms with Crippen LogP contribution in [0.2, 0.25) is 0 Å². The Kier molecular flexibility index (Phi) is 6.70. The average Bonchev–Trinajstić information content (AvgIpc) is 2.56. The van der Waals surface area contributed by atoms with Crippen LogP contribution >= 0.6 is 0 Å². The second-order valence-corrected chi connectivity index (χ2v) is 7.61. The van der Waals surface area contributed by atoms with Crippen molar-refractivity contribution in [3.8, 4) is 5.75 Å². The fourth-order valence-corrected chi connectivity index (χ4v) is 3.14. The number of ether oxygens (including phenoxy) is 1. The molecule has 2 rings (SSSR count). The fraction of sp³-hybridized carbons (Fsp3) is 0.278. The lowest BCUT2D eigenvalue weighted by molar-refractivity contribution is -0.116. The largest absolute Gasteiger partial charge is 0.491 e. The molecule has 0 saturated carbocycles. The van der Waals surface area contributed by atoms with Gasteiger partial charge in [0.05, 0.1) is 11.0 Å². The maximum atomic E-state index is 12.9. The third kappa shape index (κ3) is 6.12. The van der Waals surface area contributed by atoms with Gasteiger partial charge in [-0.25, -0.2) is 17.5 Å². The van der Waals surface area contributed by atoms with Gasteiger partial charge in [-0.15, -0.1) is 0 Å². The third-order valence-electron chi connectivity index (χ3n) is 3.28. The van der Waals surface area contributed by atoms with E-state index in [0.29, 0.717) is 11.4 Å². The standard InChI is InChI=1S/C18H21FN2O4S/c1-13(2)25-16-7-5-15(6-8-16)21-18(22)11-12-20-26(23,24)17-9-3-14(19)4-10-17/h3-10,13,20H,11-12H2,1-2H3,(H,21,22). The molecule has 0 aliphatic rings. The summed E-state index contributed by atoms with van der Waals surface area (Å²) in [4.78, 5) is 11.9. The number of benzene rings is 2. The van der Waals surface area contributed by atoms with E-state index in [0.717, 1.165) is 12.1 Å². The molecule has 0 radical (unpaired) electrons. The Morgan fingerprint density at radius 1 is 1.08 bits per heavy atom. The zero-order chi connectivity index (χ0) is 19.2. The van der Waals surface area contributed by atoms with E-state index in [2.05, 4.69) is 10.0 Å². The first-order chi connectivity index (χ1) is 12.3. The fourth-order valence-electron chi connectivity index (χ4n) is 2.11. The topological polar surface area (TPSA) is 84.5 Å². The summed E-state index contributed by atoms with van der Waals surface area (Å²) in [5.41, 5.74) is 0.590. The van der Waals surface area contributed by atoms with Gasteiger partial charge >= 0.3 is 0 Å². The van der Waals surface area contributed by atoms with Gasteiger partial charge in [-0.1, -0.05) is 0 Å². The van der Waals surface area contributed by atoms with Crippen molar-refractivity contribution in [1.29, 1.82) is 0 Å². The van der Waals surface area contributed by atoms with E-state index < -0.39 is 15.8 Å². The van der Waals surface area contributed by atoms with Gasteiger partial charge in [-0.2, -0.15) is 0 Å². The number of sulfonamides is 1. The van der Waals surface area contributed by atoms with Crippen LogP contribution in [-0.2, 0) is 14.8 Å². The first kappa shape index (κ1) is 19.9. The number of halogens is 1. The van der Waals surface area contributed by atoms with E-state index in [1.165, 1.54) is 12.1 Å². The molecule has 0 heterocycles. The second-order valence-electron chi connectivity index (χ2n) is 5.84. The minimum atomic E-state index is -3.78. The lowest BCUT2D eigenvalue weighted by atomic mass is 10.3. The van der Waals surface area contributed by atoms with Crippen LogP contribution in [-0.4, -0.2) is 27.0 Å². The van der Waals surface area contributed by atoms with Crippen molar-refractivity contribution in [3.63, 3.8) is 0 Å². The van der Waals surface area contributed by atoms with E-state index in [1.54, 1.807) is 24.3 Å². The number of carbonyl (C=O) groups excluding carboxylic acids is 1. The summed E-state index contributed by atoms with van der Waals surface area (Å²) in [6.45, 7) is 3.77. The lowest BCUT2D eigenvalue weighted by Crippen LogP contribution is -2.27. The first-order valence-electron chi connectivity index (χ1n) is 8.08. The van der Waals surface area contributed by atoms with E-state index in [-0.39, 0.29) is 29.9 Å². The van der Waals surface area contributed by atoms with Crippen LogP contribution in [0.5, 0.6) is 5.75 Å². The Morgan fingerprint density at radius 3 is 2.27 bits per heavy atom. The number of amides is 1. The third-order valence-corrected chi connectivity index (χ3v) is 4.75. The Labute approximate surface area is 152 Å². The van der Waals surface area contributed by atoms with E-state index in [9.17, 15) is 17.6 Å². The molecule has 2 aromatic rings. The van der Waals surface area contributed by atoms with Gasteiger partial charge in [0.2, 0.25) is 15.9 Å². The van der Waals surface area contributed by atoms with Gasteiger partial charge in [0.1, 0.15) is 11.6 Å². The molecule has 1 amide bonds. The van der Waals surface area contributed by atoms with Gasteiger partial charge in [0.25, 0.3) is 0 Å². The highest BCUT2D eigenvalue weighted by Gasteiger charge is 2.14. The predicted molar refractivity (Wildman–Crippen MR) is 97.0 cm³/mol. The highest BCUT2D eigenvalue weighted by Crippen LogP contribution is 2.17. The average molecular weight is 380 g/mol. The summed E-state index contributed by atoms with van der Waals surface area (Å²) in [6.07, 6.45) is 0.0228. The van der Waals surface area contributed by atoms with Crippen molar-refractivity contribution in [2.45, 2.75) is 31.3 Å². The predicted octanol–water partition coefficient (Wildman–Crippen LogP) is 2.92. The zero-order valence-corrected chi connectivity index (χ0v) is 15.3. The maximum Gasteiger partial charge on any atom is 0.240 e. The summed E-state index contributed by atoms with van der Waals surface area (Å²) in [5.74, 6) is -0.150. The molecular weight excluding hydrogens is 359 g/mol. The van der Waals surface area contributed by atoms with Crippen molar-refractivity contribution < 1.29 is 22.3 Å². The van der Waals surface area contributed by atoms with Crippen molar-refractivity contribution >= 4 is 21.6 Å². The molecule has 0 saturated heterocycles. The molecule has 140 valence electrons. The molecule has 0 atom stereocenters. The monoisotopic (exact) mass is 380 g/mol. The summed E-state index contributed by atoms with van der Waals surface area (Å²) < 4.78 is 44.7. The molecule has 26 heavy (non-hydrogen) atoms. The summed E-state index contributed by atoms with van der Waals surface area (Å²) in [6, 6.07) is 11.4. The van der Waals surface area contributed by atoms with E-state index in [4.69, 9.17) is 4.74 Å². The normalized spacial score (nSPS) is 11.4. The van der Waals surface area contributed by atoms with Crippen molar-refractivity contribution in [1.82, 2.24) is 4.72 Å². The number of carbonyl (C=O) groups is 1. The Morgan fingerprint density at radius 2 is 1.69 bits per heavy atom. The number of hydrogen-bond acceptors (Lipinski definition) is 4. The number of rotatable bonds is 8. The smallest absolute Gasteiger partial charge is 0.240 e. The Bertz CT molecular complexity index is 834. The lowest BCUT2D eigenvalue weighted by Gasteiger charge is -2.11. The van der Waals surface area contributed by atoms with Crippen molar-refractivity contribution in [2.24, 2.45) is 0 Å². The molecule has 0 aromatic heterocycles. The molecule has 0 aliphatic carbocycles. The van der Waals surface area contributed by atoms with Crippen molar-refractivity contribution in [2.75, 3.05) is 11.9 Å². The molecule has 0 bridgehead atoms.